The number of hydrogen-bond donors (Lipinski definition) is 2. The van der Waals surface area contributed by atoms with Crippen LogP contribution in [0, 0.1) is 12.8 Å². The van der Waals surface area contributed by atoms with E-state index in [-0.39, 0.29) is 12.3 Å². The summed E-state index contributed by atoms with van der Waals surface area (Å²) in [7, 11) is 0. The van der Waals surface area contributed by atoms with Gasteiger partial charge in [0, 0.05) is 24.3 Å². The molecule has 0 spiro atoms. The first-order valence-corrected chi connectivity index (χ1v) is 5.45. The van der Waals surface area contributed by atoms with E-state index in [0.717, 1.165) is 11.3 Å². The number of primary amides is 1. The first kappa shape index (κ1) is 11.4. The zero-order chi connectivity index (χ0) is 12.6. The molecule has 0 saturated carbocycles. The van der Waals surface area contributed by atoms with E-state index in [4.69, 9.17) is 11.5 Å². The number of benzene rings is 1. The van der Waals surface area contributed by atoms with Crippen molar-refractivity contribution in [2.45, 2.75) is 13.3 Å². The largest absolute Gasteiger partial charge is 0.399 e. The third-order valence-electron chi connectivity index (χ3n) is 3.05. The molecule has 1 aliphatic rings. The van der Waals surface area contributed by atoms with Crippen LogP contribution in [0.15, 0.2) is 18.2 Å². The van der Waals surface area contributed by atoms with Crippen LogP contribution in [-0.4, -0.2) is 18.4 Å². The van der Waals surface area contributed by atoms with Crippen molar-refractivity contribution in [1.29, 1.82) is 0 Å². The predicted molar refractivity (Wildman–Crippen MR) is 65.2 cm³/mol. The number of nitrogens with two attached hydrogens (primary N) is 2. The lowest BCUT2D eigenvalue weighted by molar-refractivity contribution is -0.123. The maximum absolute atomic E-state index is 11.8. The van der Waals surface area contributed by atoms with Crippen molar-refractivity contribution >= 4 is 23.2 Å². The van der Waals surface area contributed by atoms with Crippen molar-refractivity contribution < 1.29 is 9.59 Å². The van der Waals surface area contributed by atoms with Gasteiger partial charge in [-0.25, -0.2) is 0 Å². The van der Waals surface area contributed by atoms with Crippen LogP contribution in [0.25, 0.3) is 0 Å². The average molecular weight is 233 g/mol. The molecule has 0 aromatic heterocycles. The summed E-state index contributed by atoms with van der Waals surface area (Å²) in [6.07, 6.45) is 0.184. The number of hydrogen-bond acceptors (Lipinski definition) is 3. The van der Waals surface area contributed by atoms with Crippen molar-refractivity contribution in [1.82, 2.24) is 0 Å². The monoisotopic (exact) mass is 233 g/mol. The van der Waals surface area contributed by atoms with Crippen LogP contribution in [0.2, 0.25) is 0 Å². The van der Waals surface area contributed by atoms with E-state index < -0.39 is 11.8 Å². The summed E-state index contributed by atoms with van der Waals surface area (Å²) in [6.45, 7) is 2.25. The van der Waals surface area contributed by atoms with Gasteiger partial charge in [-0.2, -0.15) is 0 Å². The lowest BCUT2D eigenvalue weighted by atomic mass is 10.1. The normalized spacial score (nSPS) is 19.7. The lowest BCUT2D eigenvalue weighted by Gasteiger charge is -2.19. The van der Waals surface area contributed by atoms with Gasteiger partial charge in [-0.15, -0.1) is 0 Å². The number of nitrogen functional groups attached to an aromatic ring is 1. The Bertz CT molecular complexity index is 485. The second-order valence-corrected chi connectivity index (χ2v) is 4.35. The Kier molecular flexibility index (Phi) is 2.75. The van der Waals surface area contributed by atoms with Gasteiger partial charge in [0.1, 0.15) is 0 Å². The van der Waals surface area contributed by atoms with E-state index >= 15 is 0 Å². The summed E-state index contributed by atoms with van der Waals surface area (Å²) >= 11 is 0. The third kappa shape index (κ3) is 2.08. The van der Waals surface area contributed by atoms with Crippen molar-refractivity contribution in [3.63, 3.8) is 0 Å². The Morgan fingerprint density at radius 3 is 2.76 bits per heavy atom. The summed E-state index contributed by atoms with van der Waals surface area (Å²) in [5.41, 5.74) is 13.2. The molecule has 17 heavy (non-hydrogen) atoms. The first-order chi connectivity index (χ1) is 7.99. The van der Waals surface area contributed by atoms with Crippen LogP contribution in [0.5, 0.6) is 0 Å². The molecular formula is C12H15N3O2. The number of nitrogens with zero attached hydrogens (tertiary/aromatic N) is 1. The van der Waals surface area contributed by atoms with Gasteiger partial charge in [0.2, 0.25) is 11.8 Å². The molecular weight excluding hydrogens is 218 g/mol. The van der Waals surface area contributed by atoms with E-state index in [0.29, 0.717) is 12.2 Å². The quantitative estimate of drug-likeness (QED) is 0.725. The molecule has 0 aliphatic carbocycles. The van der Waals surface area contributed by atoms with Gasteiger partial charge in [0.25, 0.3) is 0 Å². The maximum atomic E-state index is 11.8. The Hall–Kier alpha value is -2.04. The van der Waals surface area contributed by atoms with Crippen molar-refractivity contribution in [2.24, 2.45) is 11.7 Å². The zero-order valence-electron chi connectivity index (χ0n) is 9.64. The van der Waals surface area contributed by atoms with Crippen LogP contribution in [0.4, 0.5) is 11.4 Å². The Balaban J connectivity index is 2.32. The fourth-order valence-corrected chi connectivity index (χ4v) is 2.05. The molecule has 1 saturated heterocycles. The average Bonchev–Trinajstić information content (AvgIpc) is 2.64. The Morgan fingerprint density at radius 2 is 2.18 bits per heavy atom. The summed E-state index contributed by atoms with van der Waals surface area (Å²) in [4.78, 5) is 24.5. The van der Waals surface area contributed by atoms with Crippen LogP contribution < -0.4 is 16.4 Å². The minimum atomic E-state index is -0.428. The molecule has 1 aliphatic heterocycles. The number of carbonyl (C=O) groups excluding carboxylic acids is 2. The molecule has 5 nitrogen and oxygen atoms in total. The number of aryl methyl sites for hydroxylation is 1. The minimum absolute atomic E-state index is 0.0810. The second-order valence-electron chi connectivity index (χ2n) is 4.35. The molecule has 2 amide bonds. The molecule has 0 bridgehead atoms. The molecule has 1 fully saturated rings. The van der Waals surface area contributed by atoms with E-state index in [1.54, 1.807) is 17.0 Å². The van der Waals surface area contributed by atoms with Gasteiger partial charge in [-0.1, -0.05) is 6.07 Å². The fourth-order valence-electron chi connectivity index (χ4n) is 2.05. The van der Waals surface area contributed by atoms with Crippen molar-refractivity contribution in [2.75, 3.05) is 17.2 Å². The second kappa shape index (κ2) is 4.08. The molecule has 1 aromatic carbocycles. The molecule has 5 heteroatoms. The molecule has 4 N–H and O–H groups in total. The van der Waals surface area contributed by atoms with E-state index in [1.807, 2.05) is 13.0 Å². The van der Waals surface area contributed by atoms with Gasteiger partial charge in [0.15, 0.2) is 0 Å². The third-order valence-corrected chi connectivity index (χ3v) is 3.05. The van der Waals surface area contributed by atoms with Crippen LogP contribution in [-0.2, 0) is 9.59 Å². The molecule has 1 atom stereocenters. The molecule has 0 radical (unpaired) electrons. The number of anilines is 2. The van der Waals surface area contributed by atoms with Gasteiger partial charge >= 0.3 is 0 Å². The van der Waals surface area contributed by atoms with E-state index in [2.05, 4.69) is 0 Å². The SMILES string of the molecule is Cc1ccc(N)cc1N1CC(C(N)=O)CC1=O. The van der Waals surface area contributed by atoms with Crippen molar-refractivity contribution in [3.8, 4) is 0 Å². The molecule has 1 heterocycles. The highest BCUT2D eigenvalue weighted by Gasteiger charge is 2.34. The highest BCUT2D eigenvalue weighted by molar-refractivity contribution is 6.00. The zero-order valence-corrected chi connectivity index (χ0v) is 9.64. The summed E-state index contributed by atoms with van der Waals surface area (Å²) in [5, 5.41) is 0. The Labute approximate surface area is 99.4 Å². The standard InChI is InChI=1S/C12H15N3O2/c1-7-2-3-9(13)5-10(7)15-6-8(12(14)17)4-11(15)16/h2-3,5,8H,4,6,13H2,1H3,(H2,14,17). The molecule has 2 rings (SSSR count). The van der Waals surface area contributed by atoms with Gasteiger partial charge < -0.3 is 16.4 Å². The lowest BCUT2D eigenvalue weighted by Crippen LogP contribution is -2.28. The number of amides is 2. The van der Waals surface area contributed by atoms with E-state index in [9.17, 15) is 9.59 Å². The topological polar surface area (TPSA) is 89.4 Å². The summed E-state index contributed by atoms with van der Waals surface area (Å²) < 4.78 is 0. The first-order valence-electron chi connectivity index (χ1n) is 5.45. The smallest absolute Gasteiger partial charge is 0.227 e. The number of rotatable bonds is 2. The fraction of sp³-hybridized carbons (Fsp3) is 0.333. The Morgan fingerprint density at radius 1 is 1.47 bits per heavy atom. The van der Waals surface area contributed by atoms with Gasteiger partial charge in [-0.05, 0) is 24.6 Å². The van der Waals surface area contributed by atoms with Crippen LogP contribution in [0.1, 0.15) is 12.0 Å². The van der Waals surface area contributed by atoms with Crippen molar-refractivity contribution in [3.05, 3.63) is 23.8 Å². The summed E-state index contributed by atoms with van der Waals surface area (Å²) in [6, 6.07) is 5.39. The highest BCUT2D eigenvalue weighted by atomic mass is 16.2. The minimum Gasteiger partial charge on any atom is -0.399 e. The molecule has 90 valence electrons. The van der Waals surface area contributed by atoms with Gasteiger partial charge in [-0.3, -0.25) is 9.59 Å². The van der Waals surface area contributed by atoms with E-state index in [1.165, 1.54) is 0 Å². The molecule has 1 unspecified atom stereocenters. The van der Waals surface area contributed by atoms with Crippen LogP contribution in [0.3, 0.4) is 0 Å². The highest BCUT2D eigenvalue weighted by Crippen LogP contribution is 2.29. The van der Waals surface area contributed by atoms with Gasteiger partial charge in [0.05, 0.1) is 5.92 Å². The summed E-state index contributed by atoms with van der Waals surface area (Å²) in [5.74, 6) is -0.909. The number of carbonyl (C=O) groups is 2. The van der Waals surface area contributed by atoms with Crippen LogP contribution >= 0.6 is 0 Å². The predicted octanol–water partition coefficient (Wildman–Crippen LogP) is 0.415. The maximum Gasteiger partial charge on any atom is 0.227 e. The molecule has 1 aromatic rings.